The molecule has 3 atom stereocenters. The summed E-state index contributed by atoms with van der Waals surface area (Å²) in [6, 6.07) is 9.69. The molecule has 14 heavy (non-hydrogen) atoms. The second kappa shape index (κ2) is 3.42. The highest BCUT2D eigenvalue weighted by atomic mass is 16.2. The first-order valence-electron chi connectivity index (χ1n) is 4.81. The Morgan fingerprint density at radius 3 is 2.43 bits per heavy atom. The van der Waals surface area contributed by atoms with Gasteiger partial charge in [0.25, 0.3) is 0 Å². The Morgan fingerprint density at radius 1 is 1.29 bits per heavy atom. The Bertz CT molecular complexity index is 336. The molecule has 1 aliphatic rings. The van der Waals surface area contributed by atoms with Crippen LogP contribution in [0.25, 0.3) is 0 Å². The summed E-state index contributed by atoms with van der Waals surface area (Å²) in [4.78, 5) is 11.4. The smallest absolute Gasteiger partial charge is 0.225 e. The van der Waals surface area contributed by atoms with Crippen molar-refractivity contribution >= 4 is 5.91 Å². The van der Waals surface area contributed by atoms with Crippen molar-refractivity contribution in [2.45, 2.75) is 19.0 Å². The van der Waals surface area contributed by atoms with Crippen molar-refractivity contribution in [3.63, 3.8) is 0 Å². The zero-order valence-corrected chi connectivity index (χ0v) is 8.10. The van der Waals surface area contributed by atoms with Gasteiger partial charge in [0.1, 0.15) is 0 Å². The molecule has 1 heterocycles. The van der Waals surface area contributed by atoms with Gasteiger partial charge in [0.15, 0.2) is 0 Å². The molecule has 1 aromatic carbocycles. The van der Waals surface area contributed by atoms with Crippen molar-refractivity contribution in [2.24, 2.45) is 11.7 Å². The predicted octanol–water partition coefficient (Wildman–Crippen LogP) is 0.821. The molecule has 0 radical (unpaired) electrons. The summed E-state index contributed by atoms with van der Waals surface area (Å²) in [6.07, 6.45) is 0. The zero-order valence-electron chi connectivity index (χ0n) is 8.10. The van der Waals surface area contributed by atoms with E-state index in [9.17, 15) is 4.79 Å². The first-order chi connectivity index (χ1) is 6.70. The number of rotatable bonds is 1. The highest BCUT2D eigenvalue weighted by Crippen LogP contribution is 2.26. The zero-order chi connectivity index (χ0) is 10.1. The number of nitrogens with one attached hydrogen (secondary N) is 1. The van der Waals surface area contributed by atoms with Gasteiger partial charge in [-0.2, -0.15) is 0 Å². The van der Waals surface area contributed by atoms with E-state index in [-0.39, 0.29) is 23.9 Å². The Hall–Kier alpha value is -1.35. The van der Waals surface area contributed by atoms with E-state index in [0.717, 1.165) is 5.56 Å². The van der Waals surface area contributed by atoms with Crippen molar-refractivity contribution in [1.29, 1.82) is 0 Å². The van der Waals surface area contributed by atoms with Crippen LogP contribution in [0.5, 0.6) is 0 Å². The van der Waals surface area contributed by atoms with Crippen LogP contribution < -0.4 is 11.1 Å². The average molecular weight is 190 g/mol. The molecule has 3 unspecified atom stereocenters. The first kappa shape index (κ1) is 9.21. The third kappa shape index (κ3) is 1.40. The van der Waals surface area contributed by atoms with Gasteiger partial charge in [0.2, 0.25) is 5.91 Å². The standard InChI is InChI=1S/C11H14N2O/c1-7-9(12)10(13-11(7)14)8-5-3-2-4-6-8/h2-7,9-10H,12H2,1H3,(H,13,14). The summed E-state index contributed by atoms with van der Waals surface area (Å²) in [6.45, 7) is 1.86. The maximum atomic E-state index is 11.4. The molecule has 1 amide bonds. The van der Waals surface area contributed by atoms with Crippen molar-refractivity contribution in [2.75, 3.05) is 0 Å². The summed E-state index contributed by atoms with van der Waals surface area (Å²) < 4.78 is 0. The molecule has 2 rings (SSSR count). The number of hydrogen-bond acceptors (Lipinski definition) is 2. The summed E-state index contributed by atoms with van der Waals surface area (Å²) in [5, 5.41) is 2.91. The molecule has 0 spiro atoms. The highest BCUT2D eigenvalue weighted by molar-refractivity contribution is 5.82. The Kier molecular flexibility index (Phi) is 2.25. The van der Waals surface area contributed by atoms with Crippen LogP contribution in [0.4, 0.5) is 0 Å². The Balaban J connectivity index is 2.26. The van der Waals surface area contributed by atoms with E-state index in [2.05, 4.69) is 5.32 Å². The van der Waals surface area contributed by atoms with Gasteiger partial charge in [0.05, 0.1) is 12.0 Å². The summed E-state index contributed by atoms with van der Waals surface area (Å²) in [5.74, 6) is -0.0495. The second-order valence-corrected chi connectivity index (χ2v) is 3.76. The fourth-order valence-corrected chi connectivity index (χ4v) is 1.81. The molecular formula is C11H14N2O. The largest absolute Gasteiger partial charge is 0.347 e. The SMILES string of the molecule is CC1C(=O)NC(c2ccccc2)C1N. The van der Waals surface area contributed by atoms with Crippen LogP contribution in [0.1, 0.15) is 18.5 Å². The molecule has 1 saturated heterocycles. The molecule has 0 aromatic heterocycles. The second-order valence-electron chi connectivity index (χ2n) is 3.76. The van der Waals surface area contributed by atoms with Gasteiger partial charge in [-0.1, -0.05) is 37.3 Å². The van der Waals surface area contributed by atoms with E-state index in [1.54, 1.807) is 0 Å². The normalized spacial score (nSPS) is 31.6. The molecule has 3 nitrogen and oxygen atoms in total. The molecule has 1 aromatic rings. The number of nitrogens with two attached hydrogens (primary N) is 1. The molecule has 1 aliphatic heterocycles. The van der Waals surface area contributed by atoms with Crippen molar-refractivity contribution in [3.8, 4) is 0 Å². The number of benzene rings is 1. The van der Waals surface area contributed by atoms with Crippen LogP contribution in [-0.4, -0.2) is 11.9 Å². The van der Waals surface area contributed by atoms with Gasteiger partial charge < -0.3 is 11.1 Å². The van der Waals surface area contributed by atoms with E-state index < -0.39 is 0 Å². The molecule has 74 valence electrons. The van der Waals surface area contributed by atoms with Crippen molar-refractivity contribution in [3.05, 3.63) is 35.9 Å². The van der Waals surface area contributed by atoms with E-state index in [1.165, 1.54) is 0 Å². The van der Waals surface area contributed by atoms with Crippen LogP contribution in [0.15, 0.2) is 30.3 Å². The van der Waals surface area contributed by atoms with Gasteiger partial charge in [-0.05, 0) is 5.56 Å². The molecule has 0 saturated carbocycles. The van der Waals surface area contributed by atoms with Crippen molar-refractivity contribution in [1.82, 2.24) is 5.32 Å². The molecule has 0 bridgehead atoms. The number of amides is 1. The van der Waals surface area contributed by atoms with E-state index >= 15 is 0 Å². The first-order valence-corrected chi connectivity index (χ1v) is 4.81. The minimum atomic E-state index is -0.120. The van der Waals surface area contributed by atoms with Crippen molar-refractivity contribution < 1.29 is 4.79 Å². The van der Waals surface area contributed by atoms with E-state index in [1.807, 2.05) is 37.3 Å². The molecule has 0 aliphatic carbocycles. The number of hydrogen-bond donors (Lipinski definition) is 2. The lowest BCUT2D eigenvalue weighted by atomic mass is 9.96. The van der Waals surface area contributed by atoms with Crippen LogP contribution >= 0.6 is 0 Å². The topological polar surface area (TPSA) is 55.1 Å². The van der Waals surface area contributed by atoms with Gasteiger partial charge in [-0.15, -0.1) is 0 Å². The Morgan fingerprint density at radius 2 is 1.93 bits per heavy atom. The third-order valence-corrected chi connectivity index (χ3v) is 2.83. The van der Waals surface area contributed by atoms with E-state index in [0.29, 0.717) is 0 Å². The molecular weight excluding hydrogens is 176 g/mol. The number of carbonyl (C=O) groups excluding carboxylic acids is 1. The van der Waals surface area contributed by atoms with Crippen LogP contribution in [0.3, 0.4) is 0 Å². The van der Waals surface area contributed by atoms with Gasteiger partial charge in [-0.3, -0.25) is 4.79 Å². The van der Waals surface area contributed by atoms with Crippen LogP contribution in [0, 0.1) is 5.92 Å². The third-order valence-electron chi connectivity index (χ3n) is 2.83. The Labute approximate surface area is 83.3 Å². The lowest BCUT2D eigenvalue weighted by molar-refractivity contribution is -0.122. The summed E-state index contributed by atoms with van der Waals surface area (Å²) >= 11 is 0. The monoisotopic (exact) mass is 190 g/mol. The fourth-order valence-electron chi connectivity index (χ4n) is 1.81. The minimum absolute atomic E-state index is 0.0290. The maximum absolute atomic E-state index is 11.4. The van der Waals surface area contributed by atoms with Crippen LogP contribution in [0.2, 0.25) is 0 Å². The van der Waals surface area contributed by atoms with Crippen LogP contribution in [-0.2, 0) is 4.79 Å². The molecule has 3 heteroatoms. The summed E-state index contributed by atoms with van der Waals surface area (Å²) in [5.41, 5.74) is 7.04. The minimum Gasteiger partial charge on any atom is -0.347 e. The lowest BCUT2D eigenvalue weighted by Gasteiger charge is -2.16. The average Bonchev–Trinajstić information content (AvgIpc) is 2.47. The van der Waals surface area contributed by atoms with Gasteiger partial charge >= 0.3 is 0 Å². The predicted molar refractivity (Wildman–Crippen MR) is 54.5 cm³/mol. The number of carbonyl (C=O) groups is 1. The fraction of sp³-hybridized carbons (Fsp3) is 0.364. The van der Waals surface area contributed by atoms with Gasteiger partial charge in [0, 0.05) is 6.04 Å². The maximum Gasteiger partial charge on any atom is 0.225 e. The van der Waals surface area contributed by atoms with E-state index in [4.69, 9.17) is 5.73 Å². The quantitative estimate of drug-likeness (QED) is 0.689. The highest BCUT2D eigenvalue weighted by Gasteiger charge is 2.37. The lowest BCUT2D eigenvalue weighted by Crippen LogP contribution is -2.31. The van der Waals surface area contributed by atoms with Gasteiger partial charge in [-0.25, -0.2) is 0 Å². The molecule has 3 N–H and O–H groups in total. The molecule has 1 fully saturated rings. The summed E-state index contributed by atoms with van der Waals surface area (Å²) in [7, 11) is 0.